The lowest BCUT2D eigenvalue weighted by molar-refractivity contribution is -0.130. The van der Waals surface area contributed by atoms with Gasteiger partial charge in [-0.25, -0.2) is 0 Å². The van der Waals surface area contributed by atoms with Gasteiger partial charge < -0.3 is 19.3 Å². The number of hydrogen-bond donors (Lipinski definition) is 0. The van der Waals surface area contributed by atoms with Gasteiger partial charge in [0.15, 0.2) is 0 Å². The predicted molar refractivity (Wildman–Crippen MR) is 105 cm³/mol. The number of ketones is 2. The zero-order chi connectivity index (χ0) is 20.4. The number of Topliss-reactive ketones (excluding diaryl/α,β-unsaturated/α-hetero) is 2. The molecule has 0 aromatic heterocycles. The van der Waals surface area contributed by atoms with E-state index in [0.29, 0.717) is 69.4 Å². The van der Waals surface area contributed by atoms with Crippen LogP contribution in [-0.2, 0) is 14.3 Å². The number of carbonyl (C=O) groups excluding carboxylic acids is 3. The molecular formula is C21H25N3O5. The molecule has 0 radical (unpaired) electrons. The van der Waals surface area contributed by atoms with Gasteiger partial charge in [0.25, 0.3) is 0 Å². The fourth-order valence-corrected chi connectivity index (χ4v) is 3.92. The lowest BCUT2D eigenvalue weighted by Gasteiger charge is -2.36. The smallest absolute Gasteiger partial charge is 0.241 e. The second kappa shape index (κ2) is 8.44. The molecule has 4 rings (SSSR count). The number of likely N-dealkylation sites (N-methyl/N-ethyl adjacent to an activating group) is 1. The Labute approximate surface area is 169 Å². The van der Waals surface area contributed by atoms with Gasteiger partial charge in [-0.15, -0.1) is 0 Å². The first kappa shape index (κ1) is 19.8. The first-order valence-electron chi connectivity index (χ1n) is 9.90. The summed E-state index contributed by atoms with van der Waals surface area (Å²) in [6.45, 7) is 4.67. The average Bonchev–Trinajstić information content (AvgIpc) is 2.77. The first-order chi connectivity index (χ1) is 14.1. The molecule has 0 spiro atoms. The van der Waals surface area contributed by atoms with E-state index in [9.17, 15) is 14.4 Å². The van der Waals surface area contributed by atoms with Gasteiger partial charge in [0.05, 0.1) is 33.0 Å². The van der Waals surface area contributed by atoms with Crippen LogP contribution < -0.4 is 0 Å². The average molecular weight is 399 g/mol. The van der Waals surface area contributed by atoms with Crippen LogP contribution >= 0.6 is 0 Å². The number of amides is 1. The maximum atomic E-state index is 13.4. The largest absolute Gasteiger partial charge is 0.379 e. The van der Waals surface area contributed by atoms with Crippen molar-refractivity contribution in [2.24, 2.45) is 0 Å². The molecule has 2 fully saturated rings. The molecule has 1 aromatic rings. The lowest BCUT2D eigenvalue weighted by Crippen LogP contribution is -2.47. The highest BCUT2D eigenvalue weighted by molar-refractivity contribution is 6.27. The van der Waals surface area contributed by atoms with Crippen molar-refractivity contribution in [3.63, 3.8) is 0 Å². The van der Waals surface area contributed by atoms with Gasteiger partial charge in [0.2, 0.25) is 17.5 Å². The number of morpholine rings is 2. The molecule has 3 aliphatic rings. The number of hydrogen-bond acceptors (Lipinski definition) is 7. The van der Waals surface area contributed by atoms with Crippen molar-refractivity contribution in [2.75, 3.05) is 66.2 Å². The molecule has 0 atom stereocenters. The number of benzene rings is 1. The fourth-order valence-electron chi connectivity index (χ4n) is 3.92. The van der Waals surface area contributed by atoms with Crippen LogP contribution in [0.2, 0.25) is 0 Å². The molecule has 29 heavy (non-hydrogen) atoms. The molecule has 2 heterocycles. The highest BCUT2D eigenvalue weighted by Crippen LogP contribution is 2.30. The van der Waals surface area contributed by atoms with Gasteiger partial charge in [0.1, 0.15) is 11.4 Å². The van der Waals surface area contributed by atoms with Gasteiger partial charge in [0, 0.05) is 44.4 Å². The maximum Gasteiger partial charge on any atom is 0.241 e. The second-order valence-corrected chi connectivity index (χ2v) is 7.34. The lowest BCUT2D eigenvalue weighted by atomic mass is 9.89. The Kier molecular flexibility index (Phi) is 5.75. The number of allylic oxidation sites excluding steroid dienone is 2. The number of nitrogens with zero attached hydrogens (tertiary/aromatic N) is 3. The number of rotatable bonds is 4. The number of carbonyl (C=O) groups is 3. The van der Waals surface area contributed by atoms with Crippen LogP contribution in [0.3, 0.4) is 0 Å². The normalized spacial score (nSPS) is 20.7. The van der Waals surface area contributed by atoms with Gasteiger partial charge in [-0.1, -0.05) is 24.3 Å². The monoisotopic (exact) mass is 399 g/mol. The summed E-state index contributed by atoms with van der Waals surface area (Å²) in [4.78, 5) is 44.9. The summed E-state index contributed by atoms with van der Waals surface area (Å²) in [5.74, 6) is -0.726. The van der Waals surface area contributed by atoms with Crippen LogP contribution in [0.4, 0.5) is 0 Å². The maximum absolute atomic E-state index is 13.4. The summed E-state index contributed by atoms with van der Waals surface area (Å²) in [6, 6.07) is 6.80. The Bertz CT molecular complexity index is 854. The molecule has 1 aromatic carbocycles. The van der Waals surface area contributed by atoms with Crippen LogP contribution in [-0.4, -0.2) is 98.4 Å². The van der Waals surface area contributed by atoms with Gasteiger partial charge >= 0.3 is 0 Å². The van der Waals surface area contributed by atoms with E-state index in [2.05, 4.69) is 0 Å². The minimum absolute atomic E-state index is 0.161. The Morgan fingerprint density at radius 2 is 1.48 bits per heavy atom. The van der Waals surface area contributed by atoms with Crippen molar-refractivity contribution in [2.45, 2.75) is 0 Å². The quantitative estimate of drug-likeness (QED) is 0.725. The first-order valence-corrected chi connectivity index (χ1v) is 9.90. The van der Waals surface area contributed by atoms with Crippen LogP contribution in [0.25, 0.3) is 0 Å². The van der Waals surface area contributed by atoms with E-state index in [1.54, 1.807) is 31.3 Å². The van der Waals surface area contributed by atoms with Crippen LogP contribution in [0, 0.1) is 0 Å². The van der Waals surface area contributed by atoms with Crippen molar-refractivity contribution in [1.82, 2.24) is 14.7 Å². The van der Waals surface area contributed by atoms with Crippen LogP contribution in [0.15, 0.2) is 35.7 Å². The Balaban J connectivity index is 1.69. The van der Waals surface area contributed by atoms with E-state index in [1.807, 2.05) is 9.80 Å². The minimum Gasteiger partial charge on any atom is -0.379 e. The molecule has 2 saturated heterocycles. The summed E-state index contributed by atoms with van der Waals surface area (Å²) in [5, 5.41) is 0. The standard InChI is InChI=1S/C21H25N3O5/c1-22(17(25)14-23-6-10-28-11-7-23)18-19(24-8-12-29-13-9-24)21(27)16-5-3-2-4-15(16)20(18)26/h2-5H,6-14H2,1H3. The predicted octanol–water partition coefficient (Wildman–Crippen LogP) is 0.400. The molecule has 1 aliphatic carbocycles. The van der Waals surface area contributed by atoms with Crippen LogP contribution in [0.1, 0.15) is 20.7 Å². The highest BCUT2D eigenvalue weighted by atomic mass is 16.5. The summed E-state index contributed by atoms with van der Waals surface area (Å²) < 4.78 is 10.7. The molecule has 0 bridgehead atoms. The number of fused-ring (bicyclic) bond motifs is 1. The van der Waals surface area contributed by atoms with Crippen molar-refractivity contribution in [3.8, 4) is 0 Å². The fraction of sp³-hybridized carbons (Fsp3) is 0.476. The second-order valence-electron chi connectivity index (χ2n) is 7.34. The molecule has 154 valence electrons. The van der Waals surface area contributed by atoms with E-state index >= 15 is 0 Å². The van der Waals surface area contributed by atoms with Crippen LogP contribution in [0.5, 0.6) is 0 Å². The summed E-state index contributed by atoms with van der Waals surface area (Å²) in [6.07, 6.45) is 0. The molecule has 0 unspecified atom stereocenters. The van der Waals surface area contributed by atoms with E-state index in [1.165, 1.54) is 4.90 Å². The van der Waals surface area contributed by atoms with E-state index in [4.69, 9.17) is 9.47 Å². The third-order valence-corrected chi connectivity index (χ3v) is 5.57. The third-order valence-electron chi connectivity index (χ3n) is 5.57. The third kappa shape index (κ3) is 3.83. The molecular weight excluding hydrogens is 374 g/mol. The van der Waals surface area contributed by atoms with E-state index in [0.717, 1.165) is 0 Å². The van der Waals surface area contributed by atoms with Crippen molar-refractivity contribution in [3.05, 3.63) is 46.8 Å². The van der Waals surface area contributed by atoms with Gasteiger partial charge in [-0.05, 0) is 0 Å². The molecule has 8 nitrogen and oxygen atoms in total. The van der Waals surface area contributed by atoms with Crippen molar-refractivity contribution >= 4 is 17.5 Å². The van der Waals surface area contributed by atoms with E-state index in [-0.39, 0.29) is 29.7 Å². The summed E-state index contributed by atoms with van der Waals surface area (Å²) in [7, 11) is 1.58. The number of ether oxygens (including phenoxy) is 2. The van der Waals surface area contributed by atoms with Crippen molar-refractivity contribution < 1.29 is 23.9 Å². The van der Waals surface area contributed by atoms with Gasteiger partial charge in [-0.2, -0.15) is 0 Å². The minimum atomic E-state index is -0.292. The SMILES string of the molecule is CN(C(=O)CN1CCOCC1)C1=C(N2CCOCC2)C(=O)c2ccccc2C1=O. The zero-order valence-corrected chi connectivity index (χ0v) is 16.6. The highest BCUT2D eigenvalue weighted by Gasteiger charge is 2.38. The molecule has 0 saturated carbocycles. The summed E-state index contributed by atoms with van der Waals surface area (Å²) in [5.41, 5.74) is 1.19. The Hall–Kier alpha value is -2.55. The molecule has 2 aliphatic heterocycles. The summed E-state index contributed by atoms with van der Waals surface area (Å²) >= 11 is 0. The zero-order valence-electron chi connectivity index (χ0n) is 16.6. The Morgan fingerprint density at radius 1 is 0.931 bits per heavy atom. The topological polar surface area (TPSA) is 79.4 Å². The van der Waals surface area contributed by atoms with Gasteiger partial charge in [-0.3, -0.25) is 19.3 Å². The van der Waals surface area contributed by atoms with E-state index < -0.39 is 0 Å². The molecule has 8 heteroatoms. The van der Waals surface area contributed by atoms with Crippen molar-refractivity contribution in [1.29, 1.82) is 0 Å². The molecule has 1 amide bonds. The Morgan fingerprint density at radius 3 is 2.10 bits per heavy atom. The molecule has 0 N–H and O–H groups in total.